The van der Waals surface area contributed by atoms with Crippen molar-refractivity contribution in [1.82, 2.24) is 5.32 Å². The average Bonchev–Trinajstić information content (AvgIpc) is 2.30. The first-order valence-corrected chi connectivity index (χ1v) is 6.79. The molecule has 3 N–H and O–H groups in total. The third-order valence-electron chi connectivity index (χ3n) is 3.33. The van der Waals surface area contributed by atoms with Crippen molar-refractivity contribution < 1.29 is 0 Å². The first-order valence-electron chi connectivity index (χ1n) is 6.00. The molecule has 0 radical (unpaired) electrons. The number of benzene rings is 1. The molecule has 1 aromatic carbocycles. The molecule has 1 fully saturated rings. The van der Waals surface area contributed by atoms with Crippen LogP contribution in [0.2, 0.25) is 0 Å². The molecule has 2 atom stereocenters. The van der Waals surface area contributed by atoms with Crippen molar-refractivity contribution in [3.05, 3.63) is 34.3 Å². The van der Waals surface area contributed by atoms with Gasteiger partial charge < -0.3 is 11.1 Å². The summed E-state index contributed by atoms with van der Waals surface area (Å²) in [6, 6.07) is 9.16. The highest BCUT2D eigenvalue weighted by atomic mass is 79.9. The maximum Gasteiger partial charge on any atom is 0.0222 e. The van der Waals surface area contributed by atoms with Gasteiger partial charge in [0.05, 0.1) is 0 Å². The van der Waals surface area contributed by atoms with Crippen LogP contribution in [-0.2, 0) is 6.54 Å². The molecule has 1 saturated carbocycles. The second-order valence-electron chi connectivity index (χ2n) is 4.53. The summed E-state index contributed by atoms with van der Waals surface area (Å²) in [4.78, 5) is 0. The standard InChI is InChI=1S/C13H19BrN2/c14-11-6-2-1-5-10(11)9-16-13-8-4-3-7-12(13)15/h1-2,5-6,12-13,16H,3-4,7-9,15H2. The van der Waals surface area contributed by atoms with E-state index in [1.165, 1.54) is 29.3 Å². The van der Waals surface area contributed by atoms with Gasteiger partial charge in [-0.25, -0.2) is 0 Å². The Morgan fingerprint density at radius 2 is 2.00 bits per heavy atom. The number of rotatable bonds is 3. The van der Waals surface area contributed by atoms with Gasteiger partial charge in [-0.2, -0.15) is 0 Å². The van der Waals surface area contributed by atoms with Gasteiger partial charge in [0.1, 0.15) is 0 Å². The Balaban J connectivity index is 1.89. The minimum atomic E-state index is 0.330. The monoisotopic (exact) mass is 282 g/mol. The summed E-state index contributed by atoms with van der Waals surface area (Å²) in [6.45, 7) is 0.903. The zero-order valence-electron chi connectivity index (χ0n) is 9.45. The van der Waals surface area contributed by atoms with Crippen molar-refractivity contribution >= 4 is 15.9 Å². The molecule has 1 aliphatic rings. The number of nitrogens with one attached hydrogen (secondary N) is 1. The Kier molecular flexibility index (Phi) is 4.38. The van der Waals surface area contributed by atoms with Crippen LogP contribution in [0, 0.1) is 0 Å². The van der Waals surface area contributed by atoms with Crippen molar-refractivity contribution in [2.75, 3.05) is 0 Å². The molecule has 0 heterocycles. The third-order valence-corrected chi connectivity index (χ3v) is 4.11. The lowest BCUT2D eigenvalue weighted by Crippen LogP contribution is -2.46. The fourth-order valence-electron chi connectivity index (χ4n) is 2.30. The van der Waals surface area contributed by atoms with Gasteiger partial charge >= 0.3 is 0 Å². The summed E-state index contributed by atoms with van der Waals surface area (Å²) in [6.07, 6.45) is 4.97. The van der Waals surface area contributed by atoms with E-state index in [0.29, 0.717) is 12.1 Å². The molecule has 0 aliphatic heterocycles. The number of halogens is 1. The van der Waals surface area contributed by atoms with Crippen molar-refractivity contribution in [3.8, 4) is 0 Å². The SMILES string of the molecule is NC1CCCCC1NCc1ccccc1Br. The van der Waals surface area contributed by atoms with Gasteiger partial charge in [0.25, 0.3) is 0 Å². The fourth-order valence-corrected chi connectivity index (χ4v) is 2.72. The molecule has 1 aliphatic carbocycles. The van der Waals surface area contributed by atoms with E-state index in [4.69, 9.17) is 5.73 Å². The van der Waals surface area contributed by atoms with E-state index in [1.54, 1.807) is 0 Å². The highest BCUT2D eigenvalue weighted by Gasteiger charge is 2.20. The molecule has 0 saturated heterocycles. The lowest BCUT2D eigenvalue weighted by atomic mass is 9.91. The topological polar surface area (TPSA) is 38.0 Å². The lowest BCUT2D eigenvalue weighted by molar-refractivity contribution is 0.326. The molecule has 2 unspecified atom stereocenters. The highest BCUT2D eigenvalue weighted by molar-refractivity contribution is 9.10. The molecule has 16 heavy (non-hydrogen) atoms. The Morgan fingerprint density at radius 3 is 2.75 bits per heavy atom. The second-order valence-corrected chi connectivity index (χ2v) is 5.38. The molecule has 0 bridgehead atoms. The van der Waals surface area contributed by atoms with E-state index < -0.39 is 0 Å². The summed E-state index contributed by atoms with van der Waals surface area (Å²) in [7, 11) is 0. The van der Waals surface area contributed by atoms with E-state index in [-0.39, 0.29) is 0 Å². The third kappa shape index (κ3) is 3.06. The molecule has 0 aromatic heterocycles. The van der Waals surface area contributed by atoms with Crippen LogP contribution in [0.15, 0.2) is 28.7 Å². The molecule has 3 heteroatoms. The molecule has 2 rings (SSSR count). The number of nitrogens with two attached hydrogens (primary N) is 1. The summed E-state index contributed by atoms with van der Waals surface area (Å²) in [5, 5.41) is 3.57. The smallest absolute Gasteiger partial charge is 0.0222 e. The zero-order valence-corrected chi connectivity index (χ0v) is 11.0. The molecular weight excluding hydrogens is 264 g/mol. The number of hydrogen-bond acceptors (Lipinski definition) is 2. The largest absolute Gasteiger partial charge is 0.326 e. The molecule has 2 nitrogen and oxygen atoms in total. The quantitative estimate of drug-likeness (QED) is 0.895. The lowest BCUT2D eigenvalue weighted by Gasteiger charge is -2.29. The highest BCUT2D eigenvalue weighted by Crippen LogP contribution is 2.19. The fraction of sp³-hybridized carbons (Fsp3) is 0.538. The Labute approximate surface area is 106 Å². The van der Waals surface area contributed by atoms with Gasteiger partial charge in [-0.15, -0.1) is 0 Å². The summed E-state index contributed by atoms with van der Waals surface area (Å²) in [5.41, 5.74) is 7.41. The Hall–Kier alpha value is -0.380. The maximum atomic E-state index is 6.11. The minimum Gasteiger partial charge on any atom is -0.326 e. The molecule has 88 valence electrons. The van der Waals surface area contributed by atoms with E-state index >= 15 is 0 Å². The van der Waals surface area contributed by atoms with Crippen LogP contribution in [0.1, 0.15) is 31.2 Å². The van der Waals surface area contributed by atoms with Crippen molar-refractivity contribution in [2.24, 2.45) is 5.73 Å². The van der Waals surface area contributed by atoms with Gasteiger partial charge in [-0.3, -0.25) is 0 Å². The number of hydrogen-bond donors (Lipinski definition) is 2. The van der Waals surface area contributed by atoms with Gasteiger partial charge in [0, 0.05) is 23.1 Å². The van der Waals surface area contributed by atoms with Crippen LogP contribution in [-0.4, -0.2) is 12.1 Å². The normalized spacial score (nSPS) is 25.6. The van der Waals surface area contributed by atoms with Crippen LogP contribution in [0.25, 0.3) is 0 Å². The van der Waals surface area contributed by atoms with Crippen LogP contribution in [0.3, 0.4) is 0 Å². The molecule has 1 aromatic rings. The summed E-state index contributed by atoms with van der Waals surface area (Å²) < 4.78 is 1.17. The Morgan fingerprint density at radius 1 is 1.25 bits per heavy atom. The summed E-state index contributed by atoms with van der Waals surface area (Å²) >= 11 is 3.57. The molecular formula is C13H19BrN2. The first-order chi connectivity index (χ1) is 7.77. The summed E-state index contributed by atoms with van der Waals surface area (Å²) in [5.74, 6) is 0. The van der Waals surface area contributed by atoms with Crippen molar-refractivity contribution in [1.29, 1.82) is 0 Å². The van der Waals surface area contributed by atoms with Crippen molar-refractivity contribution in [2.45, 2.75) is 44.3 Å². The van der Waals surface area contributed by atoms with E-state index in [9.17, 15) is 0 Å². The molecule has 0 amide bonds. The molecule has 0 spiro atoms. The van der Waals surface area contributed by atoms with Crippen LogP contribution < -0.4 is 11.1 Å². The van der Waals surface area contributed by atoms with Crippen LogP contribution in [0.5, 0.6) is 0 Å². The predicted molar refractivity (Wildman–Crippen MR) is 71.2 cm³/mol. The predicted octanol–water partition coefficient (Wildman–Crippen LogP) is 2.81. The van der Waals surface area contributed by atoms with Gasteiger partial charge in [0.2, 0.25) is 0 Å². The maximum absolute atomic E-state index is 6.11. The van der Waals surface area contributed by atoms with E-state index in [1.807, 2.05) is 6.07 Å². The Bertz CT molecular complexity index is 340. The van der Waals surface area contributed by atoms with Gasteiger partial charge in [0.15, 0.2) is 0 Å². The van der Waals surface area contributed by atoms with Crippen LogP contribution in [0.4, 0.5) is 0 Å². The zero-order chi connectivity index (χ0) is 11.4. The van der Waals surface area contributed by atoms with Crippen molar-refractivity contribution in [3.63, 3.8) is 0 Å². The first kappa shape index (κ1) is 12.1. The van der Waals surface area contributed by atoms with Crippen LogP contribution >= 0.6 is 15.9 Å². The van der Waals surface area contributed by atoms with Gasteiger partial charge in [-0.05, 0) is 24.5 Å². The second kappa shape index (κ2) is 5.80. The van der Waals surface area contributed by atoms with E-state index in [0.717, 1.165) is 13.0 Å². The van der Waals surface area contributed by atoms with E-state index in [2.05, 4.69) is 39.4 Å². The average molecular weight is 283 g/mol. The minimum absolute atomic E-state index is 0.330. The van der Waals surface area contributed by atoms with Gasteiger partial charge in [-0.1, -0.05) is 47.0 Å².